The Morgan fingerprint density at radius 2 is 1.92 bits per heavy atom. The molecule has 0 radical (unpaired) electrons. The molecule has 0 aromatic heterocycles. The van der Waals surface area contributed by atoms with Gasteiger partial charge in [-0.1, -0.05) is 13.3 Å². The summed E-state index contributed by atoms with van der Waals surface area (Å²) in [6.45, 7) is 8.12. The largest absolute Gasteiger partial charge is 0.462 e. The molecule has 0 saturated heterocycles. The van der Waals surface area contributed by atoms with Crippen LogP contribution in [0, 0.1) is 0 Å². The minimum Gasteiger partial charge on any atom is -0.462 e. The molecule has 0 aliphatic rings. The van der Waals surface area contributed by atoms with E-state index >= 15 is 0 Å². The SMILES string of the molecule is CCCC(=C=C(C)C)C(=O)OCC. The molecule has 0 heterocycles. The van der Waals surface area contributed by atoms with Crippen molar-refractivity contribution in [3.8, 4) is 0 Å². The number of carbonyl (C=O) groups is 1. The highest BCUT2D eigenvalue weighted by atomic mass is 16.5. The zero-order valence-electron chi connectivity index (χ0n) is 8.94. The van der Waals surface area contributed by atoms with Gasteiger partial charge in [-0.25, -0.2) is 4.79 Å². The molecule has 0 spiro atoms. The predicted molar refractivity (Wildman–Crippen MR) is 53.4 cm³/mol. The summed E-state index contributed by atoms with van der Waals surface area (Å²) in [6.07, 6.45) is 1.68. The number of esters is 1. The molecule has 0 bridgehead atoms. The van der Waals surface area contributed by atoms with Crippen molar-refractivity contribution in [1.29, 1.82) is 0 Å². The van der Waals surface area contributed by atoms with E-state index in [1.165, 1.54) is 0 Å². The van der Waals surface area contributed by atoms with Gasteiger partial charge in [0.2, 0.25) is 0 Å². The lowest BCUT2D eigenvalue weighted by atomic mass is 10.1. The molecule has 0 unspecified atom stereocenters. The lowest BCUT2D eigenvalue weighted by molar-refractivity contribution is -0.138. The first-order valence-corrected chi connectivity index (χ1v) is 4.71. The van der Waals surface area contributed by atoms with Crippen LogP contribution in [-0.2, 0) is 9.53 Å². The lowest BCUT2D eigenvalue weighted by Crippen LogP contribution is -2.06. The Morgan fingerprint density at radius 1 is 1.31 bits per heavy atom. The summed E-state index contributed by atoms with van der Waals surface area (Å²) in [5.74, 6) is -0.231. The van der Waals surface area contributed by atoms with E-state index in [1.54, 1.807) is 0 Å². The number of carbonyl (C=O) groups excluding carboxylic acids is 1. The molecule has 0 saturated carbocycles. The molecule has 0 aromatic rings. The zero-order chi connectivity index (χ0) is 10.3. The van der Waals surface area contributed by atoms with Gasteiger partial charge in [0.25, 0.3) is 0 Å². The first-order chi connectivity index (χ1) is 6.11. The van der Waals surface area contributed by atoms with Crippen LogP contribution in [0.1, 0.15) is 40.5 Å². The molecule has 0 N–H and O–H groups in total. The van der Waals surface area contributed by atoms with Gasteiger partial charge in [0.1, 0.15) is 0 Å². The second-order valence-electron chi connectivity index (χ2n) is 3.07. The average Bonchev–Trinajstić information content (AvgIpc) is 2.03. The number of ether oxygens (including phenoxy) is 1. The van der Waals surface area contributed by atoms with Gasteiger partial charge in [-0.3, -0.25) is 0 Å². The fourth-order valence-electron chi connectivity index (χ4n) is 0.986. The van der Waals surface area contributed by atoms with Crippen molar-refractivity contribution in [1.82, 2.24) is 0 Å². The maximum atomic E-state index is 11.3. The summed E-state index contributed by atoms with van der Waals surface area (Å²) in [6, 6.07) is 0. The Morgan fingerprint density at radius 3 is 2.31 bits per heavy atom. The highest BCUT2D eigenvalue weighted by Gasteiger charge is 2.07. The third-order valence-corrected chi connectivity index (χ3v) is 1.42. The first kappa shape index (κ1) is 12.0. The van der Waals surface area contributed by atoms with Crippen molar-refractivity contribution in [2.75, 3.05) is 6.61 Å². The van der Waals surface area contributed by atoms with Crippen LogP contribution in [0.25, 0.3) is 0 Å². The van der Waals surface area contributed by atoms with E-state index in [4.69, 9.17) is 4.74 Å². The Kier molecular flexibility index (Phi) is 5.99. The third-order valence-electron chi connectivity index (χ3n) is 1.42. The Labute approximate surface area is 80.3 Å². The van der Waals surface area contributed by atoms with Gasteiger partial charge >= 0.3 is 5.97 Å². The van der Waals surface area contributed by atoms with E-state index in [0.717, 1.165) is 18.4 Å². The maximum absolute atomic E-state index is 11.3. The van der Waals surface area contributed by atoms with Crippen LogP contribution in [0.5, 0.6) is 0 Å². The van der Waals surface area contributed by atoms with Crippen molar-refractivity contribution < 1.29 is 9.53 Å². The summed E-state index contributed by atoms with van der Waals surface area (Å²) >= 11 is 0. The lowest BCUT2D eigenvalue weighted by Gasteiger charge is -2.02. The van der Waals surface area contributed by atoms with Crippen LogP contribution in [0.2, 0.25) is 0 Å². The molecule has 0 rings (SSSR count). The molecule has 2 nitrogen and oxygen atoms in total. The summed E-state index contributed by atoms with van der Waals surface area (Å²) in [5, 5.41) is 0. The highest BCUT2D eigenvalue weighted by molar-refractivity contribution is 5.88. The van der Waals surface area contributed by atoms with Gasteiger partial charge < -0.3 is 4.74 Å². The van der Waals surface area contributed by atoms with Crippen LogP contribution >= 0.6 is 0 Å². The fourth-order valence-corrected chi connectivity index (χ4v) is 0.986. The number of rotatable bonds is 4. The predicted octanol–water partition coefficient (Wildman–Crippen LogP) is 2.84. The second kappa shape index (κ2) is 6.50. The molecule has 0 aliphatic heterocycles. The van der Waals surface area contributed by atoms with Crippen molar-refractivity contribution in [3.05, 3.63) is 16.9 Å². The first-order valence-electron chi connectivity index (χ1n) is 4.71. The molecular weight excluding hydrogens is 164 g/mol. The summed E-state index contributed by atoms with van der Waals surface area (Å²) < 4.78 is 4.91. The van der Waals surface area contributed by atoms with Gasteiger partial charge in [-0.05, 0) is 32.8 Å². The number of hydrogen-bond donors (Lipinski definition) is 0. The van der Waals surface area contributed by atoms with Crippen LogP contribution in [-0.4, -0.2) is 12.6 Å². The maximum Gasteiger partial charge on any atom is 0.341 e. The second-order valence-corrected chi connectivity index (χ2v) is 3.07. The van der Waals surface area contributed by atoms with Crippen LogP contribution in [0.3, 0.4) is 0 Å². The molecule has 2 heteroatoms. The average molecular weight is 182 g/mol. The molecule has 13 heavy (non-hydrogen) atoms. The van der Waals surface area contributed by atoms with E-state index in [-0.39, 0.29) is 5.97 Å². The van der Waals surface area contributed by atoms with Gasteiger partial charge in [-0.15, -0.1) is 5.73 Å². The van der Waals surface area contributed by atoms with Gasteiger partial charge in [0.05, 0.1) is 12.2 Å². The topological polar surface area (TPSA) is 26.3 Å². The van der Waals surface area contributed by atoms with E-state index in [2.05, 4.69) is 5.73 Å². The van der Waals surface area contributed by atoms with E-state index < -0.39 is 0 Å². The molecule has 0 fully saturated rings. The van der Waals surface area contributed by atoms with E-state index in [9.17, 15) is 4.79 Å². The van der Waals surface area contributed by atoms with Crippen LogP contribution in [0.15, 0.2) is 16.9 Å². The summed E-state index contributed by atoms with van der Waals surface area (Å²) in [5.41, 5.74) is 4.69. The minimum atomic E-state index is -0.231. The van der Waals surface area contributed by atoms with Crippen molar-refractivity contribution >= 4 is 5.97 Å². The van der Waals surface area contributed by atoms with Crippen molar-refractivity contribution in [2.45, 2.75) is 40.5 Å². The quantitative estimate of drug-likeness (QED) is 0.379. The number of hydrogen-bond acceptors (Lipinski definition) is 2. The molecular formula is C11H18O2. The van der Waals surface area contributed by atoms with Gasteiger partial charge in [0, 0.05) is 0 Å². The molecule has 74 valence electrons. The monoisotopic (exact) mass is 182 g/mol. The summed E-state index contributed by atoms with van der Waals surface area (Å²) in [7, 11) is 0. The summed E-state index contributed by atoms with van der Waals surface area (Å²) in [4.78, 5) is 11.3. The third kappa shape index (κ3) is 5.26. The normalized spacial score (nSPS) is 8.92. The van der Waals surface area contributed by atoms with Gasteiger partial charge in [-0.2, -0.15) is 0 Å². The van der Waals surface area contributed by atoms with E-state index in [0.29, 0.717) is 12.2 Å². The van der Waals surface area contributed by atoms with E-state index in [1.807, 2.05) is 27.7 Å². The zero-order valence-corrected chi connectivity index (χ0v) is 8.94. The van der Waals surface area contributed by atoms with Crippen LogP contribution in [0.4, 0.5) is 0 Å². The molecule has 0 atom stereocenters. The standard InChI is InChI=1S/C11H18O2/c1-5-7-10(8-9(3)4)11(12)13-6-2/h5-7H2,1-4H3. The van der Waals surface area contributed by atoms with Crippen molar-refractivity contribution in [3.63, 3.8) is 0 Å². The van der Waals surface area contributed by atoms with Crippen LogP contribution < -0.4 is 0 Å². The Hall–Kier alpha value is -1.01. The highest BCUT2D eigenvalue weighted by Crippen LogP contribution is 2.06. The minimum absolute atomic E-state index is 0.231. The van der Waals surface area contributed by atoms with Crippen molar-refractivity contribution in [2.24, 2.45) is 0 Å². The molecule has 0 aliphatic carbocycles. The smallest absolute Gasteiger partial charge is 0.341 e. The Balaban J connectivity index is 4.62. The van der Waals surface area contributed by atoms with Gasteiger partial charge in [0.15, 0.2) is 0 Å². The fraction of sp³-hybridized carbons (Fsp3) is 0.636. The molecule has 0 aromatic carbocycles. The Bertz CT molecular complexity index is 228. The molecule has 0 amide bonds.